The van der Waals surface area contributed by atoms with Gasteiger partial charge in [0.2, 0.25) is 0 Å². The van der Waals surface area contributed by atoms with Crippen LogP contribution >= 0.6 is 31.9 Å². The molecule has 0 aliphatic carbocycles. The minimum absolute atomic E-state index is 0.716. The molecule has 0 atom stereocenters. The van der Waals surface area contributed by atoms with Gasteiger partial charge in [-0.1, -0.05) is 34.1 Å². The quantitative estimate of drug-likeness (QED) is 0.852. The Labute approximate surface area is 130 Å². The Balaban J connectivity index is 2.33. The highest BCUT2D eigenvalue weighted by Gasteiger charge is 2.10. The van der Waals surface area contributed by atoms with Gasteiger partial charge in [0.15, 0.2) is 0 Å². The van der Waals surface area contributed by atoms with E-state index in [1.54, 1.807) is 0 Å². The van der Waals surface area contributed by atoms with Crippen molar-refractivity contribution in [3.8, 4) is 0 Å². The average Bonchev–Trinajstić information content (AvgIpc) is 2.38. The molecule has 0 unspecified atom stereocenters. The fraction of sp³-hybridized carbons (Fsp3) is 0.286. The fourth-order valence-electron chi connectivity index (χ4n) is 1.79. The molecule has 2 aromatic rings. The second-order valence-corrected chi connectivity index (χ2v) is 5.83. The summed E-state index contributed by atoms with van der Waals surface area (Å²) in [5.41, 5.74) is 2.14. The first-order valence-electron chi connectivity index (χ1n) is 6.12. The molecule has 0 amide bonds. The summed E-state index contributed by atoms with van der Waals surface area (Å²) in [6.45, 7) is 4.87. The molecular formula is C14H15Br2N3. The molecule has 0 saturated heterocycles. The van der Waals surface area contributed by atoms with Crippen LogP contribution in [-0.4, -0.2) is 16.5 Å². The van der Waals surface area contributed by atoms with Crippen molar-refractivity contribution in [2.45, 2.75) is 20.3 Å². The van der Waals surface area contributed by atoms with E-state index >= 15 is 0 Å². The number of anilines is 1. The number of hydrogen-bond donors (Lipinski definition) is 1. The van der Waals surface area contributed by atoms with E-state index in [0.29, 0.717) is 6.42 Å². The number of rotatable bonds is 4. The maximum Gasteiger partial charge on any atom is 0.144 e. The zero-order chi connectivity index (χ0) is 13.8. The van der Waals surface area contributed by atoms with Crippen molar-refractivity contribution in [2.24, 2.45) is 0 Å². The lowest BCUT2D eigenvalue weighted by Crippen LogP contribution is -2.07. The normalized spacial score (nSPS) is 10.5. The molecule has 3 nitrogen and oxygen atoms in total. The first-order chi connectivity index (χ1) is 9.11. The summed E-state index contributed by atoms with van der Waals surface area (Å²) in [5, 5.41) is 3.25. The van der Waals surface area contributed by atoms with Crippen LogP contribution in [0.1, 0.15) is 24.0 Å². The van der Waals surface area contributed by atoms with Crippen molar-refractivity contribution >= 4 is 37.7 Å². The number of aryl methyl sites for hydroxylation is 1. The second kappa shape index (κ2) is 6.48. The lowest BCUT2D eigenvalue weighted by atomic mass is 10.1. The van der Waals surface area contributed by atoms with Crippen LogP contribution < -0.4 is 5.32 Å². The highest BCUT2D eigenvalue weighted by atomic mass is 79.9. The Morgan fingerprint density at radius 3 is 2.58 bits per heavy atom. The van der Waals surface area contributed by atoms with Gasteiger partial charge < -0.3 is 5.32 Å². The van der Waals surface area contributed by atoms with Crippen molar-refractivity contribution in [1.82, 2.24) is 9.97 Å². The summed E-state index contributed by atoms with van der Waals surface area (Å²) >= 11 is 7.07. The van der Waals surface area contributed by atoms with E-state index in [0.717, 1.165) is 32.8 Å². The maximum absolute atomic E-state index is 4.57. The molecule has 1 N–H and O–H groups in total. The highest BCUT2D eigenvalue weighted by Crippen LogP contribution is 2.25. The predicted octanol–water partition coefficient (Wildman–Crippen LogP) is 4.33. The lowest BCUT2D eigenvalue weighted by Gasteiger charge is -2.10. The van der Waals surface area contributed by atoms with Crippen LogP contribution in [0.3, 0.4) is 0 Å². The van der Waals surface area contributed by atoms with Crippen LogP contribution in [0, 0.1) is 6.92 Å². The molecule has 1 aromatic heterocycles. The molecule has 1 aromatic carbocycles. The van der Waals surface area contributed by atoms with E-state index in [1.807, 2.05) is 25.1 Å². The van der Waals surface area contributed by atoms with Crippen LogP contribution in [0.2, 0.25) is 0 Å². The van der Waals surface area contributed by atoms with E-state index in [9.17, 15) is 0 Å². The summed E-state index contributed by atoms with van der Waals surface area (Å²) in [6, 6.07) is 8.15. The minimum atomic E-state index is 0.716. The number of aromatic nitrogens is 2. The van der Waals surface area contributed by atoms with Crippen LogP contribution in [0.25, 0.3) is 0 Å². The molecule has 0 fully saturated rings. The summed E-state index contributed by atoms with van der Waals surface area (Å²) in [4.78, 5) is 9.10. The van der Waals surface area contributed by atoms with Crippen LogP contribution in [0.15, 0.2) is 33.2 Å². The minimum Gasteiger partial charge on any atom is -0.369 e. The molecule has 0 radical (unpaired) electrons. The number of nitrogens with one attached hydrogen (secondary N) is 1. The molecule has 1 heterocycles. The van der Waals surface area contributed by atoms with E-state index in [2.05, 4.69) is 60.1 Å². The molecular weight excluding hydrogens is 370 g/mol. The molecule has 2 rings (SSSR count). The zero-order valence-electron chi connectivity index (χ0n) is 10.9. The molecule has 19 heavy (non-hydrogen) atoms. The highest BCUT2D eigenvalue weighted by molar-refractivity contribution is 9.11. The number of benzene rings is 1. The van der Waals surface area contributed by atoms with Gasteiger partial charge in [-0.05, 0) is 41.4 Å². The van der Waals surface area contributed by atoms with E-state index in [1.165, 1.54) is 5.56 Å². The Morgan fingerprint density at radius 1 is 1.16 bits per heavy atom. The summed E-state index contributed by atoms with van der Waals surface area (Å²) in [7, 11) is 0. The first-order valence-corrected chi connectivity index (χ1v) is 7.70. The molecule has 100 valence electrons. The molecule has 0 saturated carbocycles. The SMILES string of the molecule is CCNc1nc(Cc2ccccc2Br)nc(C)c1Br. The van der Waals surface area contributed by atoms with Crippen molar-refractivity contribution in [3.63, 3.8) is 0 Å². The van der Waals surface area contributed by atoms with Gasteiger partial charge in [-0.15, -0.1) is 0 Å². The number of nitrogens with zero attached hydrogens (tertiary/aromatic N) is 2. The number of hydrogen-bond acceptors (Lipinski definition) is 3. The van der Waals surface area contributed by atoms with Gasteiger partial charge >= 0.3 is 0 Å². The standard InChI is InChI=1S/C14H15Br2N3/c1-3-17-14-13(16)9(2)18-12(19-14)8-10-6-4-5-7-11(10)15/h4-7H,3,8H2,1-2H3,(H,17,18,19). The molecule has 0 aliphatic rings. The van der Waals surface area contributed by atoms with Crippen molar-refractivity contribution in [2.75, 3.05) is 11.9 Å². The van der Waals surface area contributed by atoms with Gasteiger partial charge in [0, 0.05) is 17.4 Å². The second-order valence-electron chi connectivity index (χ2n) is 4.19. The van der Waals surface area contributed by atoms with Gasteiger partial charge in [0.1, 0.15) is 11.6 Å². The molecule has 5 heteroatoms. The Bertz CT molecular complexity index is 585. The predicted molar refractivity (Wildman–Crippen MR) is 85.6 cm³/mol. The largest absolute Gasteiger partial charge is 0.369 e. The number of halogens is 2. The maximum atomic E-state index is 4.57. The Hall–Kier alpha value is -0.940. The molecule has 0 spiro atoms. The van der Waals surface area contributed by atoms with Crippen LogP contribution in [0.4, 0.5) is 5.82 Å². The fourth-order valence-corrected chi connectivity index (χ4v) is 2.54. The average molecular weight is 385 g/mol. The van der Waals surface area contributed by atoms with Gasteiger partial charge in [-0.2, -0.15) is 0 Å². The smallest absolute Gasteiger partial charge is 0.144 e. The Kier molecular flexibility index (Phi) is 4.93. The molecule has 0 aliphatic heterocycles. The van der Waals surface area contributed by atoms with Gasteiger partial charge in [-0.3, -0.25) is 0 Å². The van der Waals surface area contributed by atoms with E-state index in [-0.39, 0.29) is 0 Å². The third-order valence-electron chi connectivity index (χ3n) is 2.71. The summed E-state index contributed by atoms with van der Waals surface area (Å²) < 4.78 is 2.02. The first kappa shape index (κ1) is 14.5. The summed E-state index contributed by atoms with van der Waals surface area (Å²) in [6.07, 6.45) is 0.716. The van der Waals surface area contributed by atoms with Crippen molar-refractivity contribution in [1.29, 1.82) is 0 Å². The monoisotopic (exact) mass is 383 g/mol. The molecule has 0 bridgehead atoms. The lowest BCUT2D eigenvalue weighted by molar-refractivity contribution is 0.927. The zero-order valence-corrected chi connectivity index (χ0v) is 14.0. The van der Waals surface area contributed by atoms with Gasteiger partial charge in [0.05, 0.1) is 10.2 Å². The van der Waals surface area contributed by atoms with Crippen molar-refractivity contribution in [3.05, 3.63) is 50.3 Å². The topological polar surface area (TPSA) is 37.8 Å². The van der Waals surface area contributed by atoms with E-state index < -0.39 is 0 Å². The van der Waals surface area contributed by atoms with E-state index in [4.69, 9.17) is 0 Å². The van der Waals surface area contributed by atoms with Gasteiger partial charge in [0.25, 0.3) is 0 Å². The summed E-state index contributed by atoms with van der Waals surface area (Å²) in [5.74, 6) is 1.68. The van der Waals surface area contributed by atoms with Crippen LogP contribution in [0.5, 0.6) is 0 Å². The third-order valence-corrected chi connectivity index (χ3v) is 4.44. The van der Waals surface area contributed by atoms with Crippen molar-refractivity contribution < 1.29 is 0 Å². The Morgan fingerprint density at radius 2 is 1.89 bits per heavy atom. The van der Waals surface area contributed by atoms with Gasteiger partial charge in [-0.25, -0.2) is 9.97 Å². The van der Waals surface area contributed by atoms with Crippen LogP contribution in [-0.2, 0) is 6.42 Å². The third kappa shape index (κ3) is 3.54.